The number of amides is 4. The molecular formula is C21H25N3O7. The van der Waals surface area contributed by atoms with E-state index in [-0.39, 0.29) is 50.4 Å². The summed E-state index contributed by atoms with van der Waals surface area (Å²) in [4.78, 5) is 49.3. The van der Waals surface area contributed by atoms with Gasteiger partial charge in [0.25, 0.3) is 5.91 Å². The van der Waals surface area contributed by atoms with Crippen LogP contribution in [0.3, 0.4) is 0 Å². The minimum atomic E-state index is -0.783. The minimum absolute atomic E-state index is 0.00259. The van der Waals surface area contributed by atoms with Crippen molar-refractivity contribution in [1.29, 1.82) is 0 Å². The average molecular weight is 431 g/mol. The van der Waals surface area contributed by atoms with Crippen LogP contribution in [0.15, 0.2) is 24.8 Å². The number of rotatable bonds is 10. The topological polar surface area (TPSA) is 123 Å². The van der Waals surface area contributed by atoms with Gasteiger partial charge in [0.15, 0.2) is 0 Å². The van der Waals surface area contributed by atoms with E-state index in [9.17, 15) is 19.2 Å². The van der Waals surface area contributed by atoms with Gasteiger partial charge < -0.3 is 19.5 Å². The number of benzene rings is 1. The van der Waals surface area contributed by atoms with Crippen LogP contribution in [-0.4, -0.2) is 74.7 Å². The molecule has 166 valence electrons. The smallest absolute Gasteiger partial charge is 0.263 e. The number of methoxy groups -OCH3 is 1. The van der Waals surface area contributed by atoms with Crippen LogP contribution >= 0.6 is 0 Å². The molecule has 1 aromatic rings. The Balaban J connectivity index is 1.55. The monoisotopic (exact) mass is 431 g/mol. The summed E-state index contributed by atoms with van der Waals surface area (Å²) >= 11 is 0. The molecule has 0 spiro atoms. The van der Waals surface area contributed by atoms with E-state index in [1.807, 2.05) is 0 Å². The summed E-state index contributed by atoms with van der Waals surface area (Å²) in [6, 6.07) is 4.37. The molecule has 0 radical (unpaired) electrons. The number of hydrogen-bond acceptors (Lipinski definition) is 7. The second kappa shape index (κ2) is 10.2. The minimum Gasteiger partial charge on any atom is -0.490 e. The first-order valence-electron chi connectivity index (χ1n) is 9.89. The van der Waals surface area contributed by atoms with Crippen molar-refractivity contribution in [2.24, 2.45) is 0 Å². The van der Waals surface area contributed by atoms with E-state index >= 15 is 0 Å². The number of carbonyl (C=O) groups is 4. The zero-order chi connectivity index (χ0) is 22.4. The number of imide groups is 1. The summed E-state index contributed by atoms with van der Waals surface area (Å²) in [6.45, 7) is 5.08. The first kappa shape index (κ1) is 22.4. The molecule has 2 N–H and O–H groups in total. The molecule has 1 fully saturated rings. The number of fused-ring (bicyclic) bond motifs is 1. The fourth-order valence-electron chi connectivity index (χ4n) is 3.50. The molecule has 4 amide bonds. The number of carbonyl (C=O) groups excluding carboxylic acids is 4. The fourth-order valence-corrected chi connectivity index (χ4v) is 3.50. The molecule has 2 heterocycles. The van der Waals surface area contributed by atoms with Crippen LogP contribution < -0.4 is 15.4 Å². The maximum absolute atomic E-state index is 13.1. The van der Waals surface area contributed by atoms with Gasteiger partial charge in [0.2, 0.25) is 17.7 Å². The average Bonchev–Trinajstić information content (AvgIpc) is 2.99. The number of piperidine rings is 1. The van der Waals surface area contributed by atoms with Crippen molar-refractivity contribution in [3.05, 3.63) is 35.9 Å². The van der Waals surface area contributed by atoms with Gasteiger partial charge in [0.05, 0.1) is 18.8 Å². The maximum Gasteiger partial charge on any atom is 0.263 e. The highest BCUT2D eigenvalue weighted by atomic mass is 16.5. The van der Waals surface area contributed by atoms with Crippen molar-refractivity contribution in [2.75, 3.05) is 40.1 Å². The third kappa shape index (κ3) is 5.09. The summed E-state index contributed by atoms with van der Waals surface area (Å²) in [5.74, 6) is -1.09. The van der Waals surface area contributed by atoms with Gasteiger partial charge in [-0.25, -0.2) is 0 Å². The van der Waals surface area contributed by atoms with E-state index in [0.29, 0.717) is 35.7 Å². The summed E-state index contributed by atoms with van der Waals surface area (Å²) in [7, 11) is 1.44. The zero-order valence-electron chi connectivity index (χ0n) is 17.3. The SMILES string of the molecule is C=C1c2cccc(OCCOCCNC(=O)COC)c2C(=O)N1C1CCC(=O)NC1=O. The number of hydrogen-bond donors (Lipinski definition) is 2. The molecule has 10 nitrogen and oxygen atoms in total. The van der Waals surface area contributed by atoms with Gasteiger partial charge in [-0.05, 0) is 12.5 Å². The van der Waals surface area contributed by atoms with E-state index in [0.717, 1.165) is 0 Å². The van der Waals surface area contributed by atoms with Crippen LogP contribution in [0.4, 0.5) is 0 Å². The first-order chi connectivity index (χ1) is 14.9. The van der Waals surface area contributed by atoms with Gasteiger partial charge in [0.1, 0.15) is 25.0 Å². The standard InChI is InChI=1S/C21H25N3O7/c1-13-14-4-3-5-16(31-11-10-30-9-8-22-18(26)12-29-2)19(14)21(28)24(13)15-6-7-17(25)23-20(15)27/h3-5,15H,1,6-12H2,2H3,(H,22,26)(H,23,25,27). The van der Waals surface area contributed by atoms with Crippen molar-refractivity contribution >= 4 is 29.3 Å². The molecule has 3 rings (SSSR count). The second-order valence-corrected chi connectivity index (χ2v) is 7.01. The number of ether oxygens (including phenoxy) is 3. The van der Waals surface area contributed by atoms with Gasteiger partial charge in [-0.15, -0.1) is 0 Å². The molecule has 1 saturated heterocycles. The lowest BCUT2D eigenvalue weighted by Crippen LogP contribution is -2.52. The molecule has 0 aliphatic carbocycles. The first-order valence-corrected chi connectivity index (χ1v) is 9.89. The van der Waals surface area contributed by atoms with Crippen molar-refractivity contribution in [3.8, 4) is 5.75 Å². The normalized spacial score (nSPS) is 18.1. The summed E-state index contributed by atoms with van der Waals surface area (Å²) in [5, 5.41) is 4.90. The third-order valence-electron chi connectivity index (χ3n) is 4.91. The molecule has 1 aromatic carbocycles. The Morgan fingerprint density at radius 2 is 2.06 bits per heavy atom. The van der Waals surface area contributed by atoms with Gasteiger partial charge in [-0.1, -0.05) is 18.7 Å². The quantitative estimate of drug-likeness (QED) is 0.397. The molecule has 2 aliphatic rings. The van der Waals surface area contributed by atoms with Gasteiger partial charge in [-0.2, -0.15) is 0 Å². The van der Waals surface area contributed by atoms with Gasteiger partial charge >= 0.3 is 0 Å². The van der Waals surface area contributed by atoms with Crippen LogP contribution in [0, 0.1) is 0 Å². The zero-order valence-corrected chi connectivity index (χ0v) is 17.3. The molecule has 2 aliphatic heterocycles. The molecular weight excluding hydrogens is 406 g/mol. The van der Waals surface area contributed by atoms with Crippen LogP contribution in [0.25, 0.3) is 5.70 Å². The Hall–Kier alpha value is -3.24. The summed E-state index contributed by atoms with van der Waals surface area (Å²) < 4.78 is 15.9. The number of nitrogens with one attached hydrogen (secondary N) is 2. The van der Waals surface area contributed by atoms with Crippen molar-refractivity contribution in [3.63, 3.8) is 0 Å². The maximum atomic E-state index is 13.1. The lowest BCUT2D eigenvalue weighted by molar-refractivity contribution is -0.136. The molecule has 10 heteroatoms. The predicted octanol–water partition coefficient (Wildman–Crippen LogP) is 0.0763. The molecule has 0 bridgehead atoms. The van der Waals surface area contributed by atoms with Crippen LogP contribution in [-0.2, 0) is 23.9 Å². The van der Waals surface area contributed by atoms with Crippen LogP contribution in [0.2, 0.25) is 0 Å². The van der Waals surface area contributed by atoms with Crippen molar-refractivity contribution in [2.45, 2.75) is 18.9 Å². The van der Waals surface area contributed by atoms with Crippen molar-refractivity contribution < 1.29 is 33.4 Å². The summed E-state index contributed by atoms with van der Waals surface area (Å²) in [5.41, 5.74) is 1.33. The number of nitrogens with zero attached hydrogens (tertiary/aromatic N) is 1. The molecule has 0 saturated carbocycles. The highest BCUT2D eigenvalue weighted by molar-refractivity contribution is 6.14. The van der Waals surface area contributed by atoms with Crippen molar-refractivity contribution in [1.82, 2.24) is 15.5 Å². The third-order valence-corrected chi connectivity index (χ3v) is 4.91. The van der Waals surface area contributed by atoms with Gasteiger partial charge in [0, 0.05) is 31.3 Å². The Labute approximate surface area is 179 Å². The second-order valence-electron chi connectivity index (χ2n) is 7.01. The van der Waals surface area contributed by atoms with E-state index in [4.69, 9.17) is 14.2 Å². The Kier molecular flexibility index (Phi) is 7.37. The van der Waals surface area contributed by atoms with Gasteiger partial charge in [-0.3, -0.25) is 29.4 Å². The highest BCUT2D eigenvalue weighted by Gasteiger charge is 2.42. The summed E-state index contributed by atoms with van der Waals surface area (Å²) in [6.07, 6.45) is 0.408. The molecule has 1 unspecified atom stereocenters. The molecule has 0 aromatic heterocycles. The van der Waals surface area contributed by atoms with E-state index in [1.54, 1.807) is 18.2 Å². The van der Waals surface area contributed by atoms with E-state index in [1.165, 1.54) is 12.0 Å². The highest BCUT2D eigenvalue weighted by Crippen LogP contribution is 2.39. The Morgan fingerprint density at radius 3 is 2.81 bits per heavy atom. The lowest BCUT2D eigenvalue weighted by Gasteiger charge is -2.30. The van der Waals surface area contributed by atoms with Crippen LogP contribution in [0.1, 0.15) is 28.8 Å². The van der Waals surface area contributed by atoms with Crippen LogP contribution in [0.5, 0.6) is 5.75 Å². The van der Waals surface area contributed by atoms with E-state index in [2.05, 4.69) is 17.2 Å². The Bertz CT molecular complexity index is 899. The van der Waals surface area contributed by atoms with E-state index < -0.39 is 11.9 Å². The molecule has 1 atom stereocenters. The Morgan fingerprint density at radius 1 is 1.26 bits per heavy atom. The molecule has 31 heavy (non-hydrogen) atoms. The largest absolute Gasteiger partial charge is 0.490 e. The predicted molar refractivity (Wildman–Crippen MR) is 109 cm³/mol. The fraction of sp³-hybridized carbons (Fsp3) is 0.429. The lowest BCUT2D eigenvalue weighted by atomic mass is 10.0.